The molecule has 0 aliphatic rings. The monoisotopic (exact) mass is 1490 g/mol. The maximum Gasteiger partial charge on any atom is 0.136 e. The van der Waals surface area contributed by atoms with Crippen LogP contribution in [0.3, 0.4) is 0 Å². The van der Waals surface area contributed by atoms with Gasteiger partial charge in [0.1, 0.15) is 33.5 Å². The van der Waals surface area contributed by atoms with Gasteiger partial charge < -0.3 is 13.3 Å². The summed E-state index contributed by atoms with van der Waals surface area (Å²) >= 11 is 0. The first-order chi connectivity index (χ1) is 67.0. The van der Waals surface area contributed by atoms with Crippen LogP contribution in [0.1, 0.15) is 32.9 Å². The van der Waals surface area contributed by atoms with Crippen molar-refractivity contribution in [3.63, 3.8) is 0 Å². The van der Waals surface area contributed by atoms with Gasteiger partial charge in [0.05, 0.1) is 32.9 Å². The van der Waals surface area contributed by atoms with Crippen LogP contribution < -0.4 is 0 Å². The third-order valence-corrected chi connectivity index (χ3v) is 21.7. The van der Waals surface area contributed by atoms with Gasteiger partial charge >= 0.3 is 0 Å². The van der Waals surface area contributed by atoms with E-state index in [1.807, 2.05) is 261 Å². The second-order valence-electron chi connectivity index (χ2n) is 28.1. The van der Waals surface area contributed by atoms with E-state index in [1.54, 1.807) is 18.2 Å². The summed E-state index contributed by atoms with van der Waals surface area (Å²) in [4.78, 5) is 0. The highest BCUT2D eigenvalue weighted by Gasteiger charge is 2.23. The minimum absolute atomic E-state index is 0.170. The minimum Gasteiger partial charge on any atom is -0.456 e. The molecule has 0 aliphatic heterocycles. The van der Waals surface area contributed by atoms with E-state index in [1.165, 1.54) is 0 Å². The molecule has 0 bridgehead atoms. The van der Waals surface area contributed by atoms with E-state index in [9.17, 15) is 5.48 Å². The first-order valence-electron chi connectivity index (χ1n) is 49.5. The lowest BCUT2D eigenvalue weighted by Gasteiger charge is -2.18. The van der Waals surface area contributed by atoms with Crippen LogP contribution in [0.25, 0.3) is 230 Å². The molecule has 0 fully saturated rings. The molecule has 0 saturated heterocycles. The van der Waals surface area contributed by atoms with Crippen molar-refractivity contribution in [3.8, 4) is 89.0 Å². The number of furan rings is 3. The van der Waals surface area contributed by atoms with Crippen molar-refractivity contribution in [2.75, 3.05) is 0 Å². The molecule has 24 aromatic rings. The second kappa shape index (κ2) is 28.0. The van der Waals surface area contributed by atoms with E-state index < -0.39 is 72.5 Å². The Labute approximate surface area is 697 Å². The molecule has 115 heavy (non-hydrogen) atoms. The molecule has 0 unspecified atom stereocenters. The van der Waals surface area contributed by atoms with Crippen molar-refractivity contribution in [1.29, 1.82) is 0 Å². The highest BCUT2D eigenvalue weighted by Crippen LogP contribution is 2.50. The number of hydrogen-bond donors (Lipinski definition) is 0. The summed E-state index contributed by atoms with van der Waals surface area (Å²) in [7, 11) is 0. The van der Waals surface area contributed by atoms with Gasteiger partial charge in [0.15, 0.2) is 0 Å². The molecule has 0 saturated carbocycles. The van der Waals surface area contributed by atoms with E-state index in [0.29, 0.717) is 100 Å². The Morgan fingerprint density at radius 2 is 0.374 bits per heavy atom. The molecule has 0 aliphatic carbocycles. The molecule has 21 aromatic carbocycles. The fourth-order valence-corrected chi connectivity index (χ4v) is 16.5. The van der Waals surface area contributed by atoms with Crippen molar-refractivity contribution < 1.29 is 46.1 Å². The fourth-order valence-electron chi connectivity index (χ4n) is 16.5. The molecule has 0 radical (unpaired) electrons. The molecule has 0 atom stereocenters. The molecule has 0 amide bonds. The summed E-state index contributed by atoms with van der Waals surface area (Å²) in [5, 5.41) is 9.33. The summed E-state index contributed by atoms with van der Waals surface area (Å²) in [6, 6.07) is 78.5. The smallest absolute Gasteiger partial charge is 0.136 e. The molecular formula is C112H70O3. The van der Waals surface area contributed by atoms with Crippen molar-refractivity contribution in [3.05, 3.63) is 424 Å². The third kappa shape index (κ3) is 11.6. The Balaban J connectivity index is 0.000000120. The van der Waals surface area contributed by atoms with Gasteiger partial charge in [-0.25, -0.2) is 0 Å². The van der Waals surface area contributed by atoms with E-state index in [4.69, 9.17) is 40.7 Å². The summed E-state index contributed by atoms with van der Waals surface area (Å²) in [5.74, 6) is 0. The Morgan fingerprint density at radius 3 is 0.739 bits per heavy atom. The highest BCUT2D eigenvalue weighted by atomic mass is 16.3. The van der Waals surface area contributed by atoms with Crippen LogP contribution in [0.4, 0.5) is 0 Å². The number of hydrogen-bond acceptors (Lipinski definition) is 3. The molecule has 0 spiro atoms. The van der Waals surface area contributed by atoms with E-state index >= 15 is 0 Å². The van der Waals surface area contributed by atoms with Crippen LogP contribution in [0.2, 0.25) is 0 Å². The lowest BCUT2D eigenvalue weighted by molar-refractivity contribution is 0.668. The molecule has 3 heterocycles. The SMILES string of the molecule is [2H]c1c([2H])c([2H])c2c(-c3ccc4c(c3)oc3ccccc34)c3c([2H])c([2H])c([2H])c([2H])c3c(-c3ccc(-c4ccccc4)cc3)c2c1[2H].[2H]c1c([2H])c([2H])c2c(-c3ccc4c(c3)oc3ccccc34)c3c([2H])c([2H])c([2H])c([2H])c3c(-c3ccc4ccccc4c3)c2c1[2H].[2H]c1c([2H])c([2H])c2c(-c3ccc4c(c3)oc3ccccc34)c3c([2H])c([2H])c([2H])c([2H])c3c(-c3cccc(-c4ccccc4)c3)c2c1[2H]. The van der Waals surface area contributed by atoms with Gasteiger partial charge in [0, 0.05) is 32.3 Å². The van der Waals surface area contributed by atoms with Crippen molar-refractivity contribution in [2.24, 2.45) is 0 Å². The summed E-state index contributed by atoms with van der Waals surface area (Å²) in [6.45, 7) is 0. The maximum atomic E-state index is 9.19. The van der Waals surface area contributed by atoms with Gasteiger partial charge in [-0.1, -0.05) is 357 Å². The summed E-state index contributed by atoms with van der Waals surface area (Å²) < 4.78 is 232. The number of para-hydroxylation sites is 3. The van der Waals surface area contributed by atoms with Gasteiger partial charge in [0.2, 0.25) is 0 Å². The quantitative estimate of drug-likeness (QED) is 0.142. The first-order valence-corrected chi connectivity index (χ1v) is 37.5. The van der Waals surface area contributed by atoms with Gasteiger partial charge in [-0.2, -0.15) is 0 Å². The van der Waals surface area contributed by atoms with Crippen LogP contribution in [0.15, 0.2) is 437 Å². The molecule has 3 nitrogen and oxygen atoms in total. The van der Waals surface area contributed by atoms with Gasteiger partial charge in [-0.15, -0.1) is 0 Å². The van der Waals surface area contributed by atoms with Gasteiger partial charge in [0.25, 0.3) is 0 Å². The van der Waals surface area contributed by atoms with Crippen LogP contribution in [0, 0.1) is 0 Å². The van der Waals surface area contributed by atoms with Gasteiger partial charge in [-0.05, 0) is 231 Å². The summed E-state index contributed by atoms with van der Waals surface area (Å²) in [6.07, 6.45) is 0. The first kappa shape index (κ1) is 46.5. The average molecular weight is 1490 g/mol. The zero-order valence-electron chi connectivity index (χ0n) is 84.8. The zero-order chi connectivity index (χ0) is 96.8. The summed E-state index contributed by atoms with van der Waals surface area (Å²) in [5.41, 5.74) is 12.5. The van der Waals surface area contributed by atoms with Crippen LogP contribution in [-0.2, 0) is 0 Å². The lowest BCUT2D eigenvalue weighted by atomic mass is 9.85. The van der Waals surface area contributed by atoms with E-state index in [-0.39, 0.29) is 137 Å². The average Bonchev–Trinajstić information content (AvgIpc) is 1.36. The van der Waals surface area contributed by atoms with Crippen LogP contribution in [0.5, 0.6) is 0 Å². The minimum atomic E-state index is -0.433. The predicted molar refractivity (Wildman–Crippen MR) is 487 cm³/mol. The molecule has 3 aromatic heterocycles. The molecule has 0 N–H and O–H groups in total. The normalized spacial score (nSPS) is 14.6. The second-order valence-corrected chi connectivity index (χ2v) is 28.1. The van der Waals surface area contributed by atoms with E-state index in [0.717, 1.165) is 65.3 Å². The largest absolute Gasteiger partial charge is 0.456 e. The van der Waals surface area contributed by atoms with Crippen molar-refractivity contribution in [1.82, 2.24) is 0 Å². The predicted octanol–water partition coefficient (Wildman–Crippen LogP) is 32.2. The van der Waals surface area contributed by atoms with E-state index in [2.05, 4.69) is 0 Å². The Hall–Kier alpha value is -15.2. The molecule has 3 heteroatoms. The number of benzene rings is 21. The maximum absolute atomic E-state index is 9.19. The van der Waals surface area contributed by atoms with Gasteiger partial charge in [-0.3, -0.25) is 0 Å². The number of rotatable bonds is 8. The zero-order valence-corrected chi connectivity index (χ0v) is 60.8. The Bertz CT molecular complexity index is 9260. The topological polar surface area (TPSA) is 39.4 Å². The van der Waals surface area contributed by atoms with Crippen molar-refractivity contribution in [2.45, 2.75) is 0 Å². The standard InChI is InChI=1S/2C38H24O.C36H22O/c1-2-11-25(12-3-1)26-13-10-14-27(23-26)37-31-16-4-6-18-33(31)38(34-19-7-5-17-32(34)37)28-21-22-30-29-15-8-9-20-35(29)39-36(30)24-28;1-2-10-25(11-3-1)26-18-20-27(21-19-26)37-31-13-4-6-15-33(31)38(34-16-7-5-14-32(34)37)28-22-23-30-29-12-8-9-17-35(29)39-36(30)24-28;1-2-10-24-21-25(18-17-23(24)9-1)35-29-12-3-5-14-31(29)36(32-15-6-4-13-30(32)35)26-19-20-28-27-11-7-8-16-33(27)37-34(28)22-26/h2*1-24H;1-22H/i4D,5D,6D,7D,16D,17D,18D,19D;4D,5D,6D,7D,13D,14D,15D,16D;3D,4D,5D,6D,12D,13D,14D,15D. The lowest BCUT2D eigenvalue weighted by Crippen LogP contribution is -1.91. The molecular weight excluding hydrogens is 1390 g/mol. The Kier molecular flexibility index (Phi) is 11.3. The molecule has 24 rings (SSSR count). The molecule has 536 valence electrons. The van der Waals surface area contributed by atoms with Crippen molar-refractivity contribution >= 4 is 141 Å². The Morgan fingerprint density at radius 1 is 0.139 bits per heavy atom. The van der Waals surface area contributed by atoms with Crippen LogP contribution >= 0.6 is 0 Å². The fraction of sp³-hybridized carbons (Fsp3) is 0. The number of fused-ring (bicyclic) bond motifs is 16. The third-order valence-electron chi connectivity index (χ3n) is 21.7. The van der Waals surface area contributed by atoms with Crippen LogP contribution in [-0.4, -0.2) is 0 Å². The highest BCUT2D eigenvalue weighted by molar-refractivity contribution is 6.26.